The largest absolute Gasteiger partial charge is 0.484 e. The van der Waals surface area contributed by atoms with Crippen molar-refractivity contribution in [2.75, 3.05) is 25.0 Å². The van der Waals surface area contributed by atoms with Gasteiger partial charge in [-0.2, -0.15) is 0 Å². The van der Waals surface area contributed by atoms with Crippen molar-refractivity contribution in [3.05, 3.63) is 114 Å². The highest BCUT2D eigenvalue weighted by atomic mass is 79.9. The molecule has 1 saturated heterocycles. The highest BCUT2D eigenvalue weighted by molar-refractivity contribution is 9.10. The Balaban J connectivity index is 0.914. The third-order valence-electron chi connectivity index (χ3n) is 10.4. The van der Waals surface area contributed by atoms with Crippen LogP contribution >= 0.6 is 15.9 Å². The number of nitrogens with one attached hydrogen (secondary N) is 1. The summed E-state index contributed by atoms with van der Waals surface area (Å²) < 4.78 is 12.3. The van der Waals surface area contributed by atoms with Gasteiger partial charge in [-0.3, -0.25) is 29.6 Å². The fourth-order valence-corrected chi connectivity index (χ4v) is 8.12. The van der Waals surface area contributed by atoms with E-state index in [2.05, 4.69) is 49.9 Å². The quantitative estimate of drug-likeness (QED) is 0.126. The molecule has 0 atom stereocenters. The number of aromatic nitrogens is 1. The lowest BCUT2D eigenvalue weighted by molar-refractivity contribution is -0.386. The van der Waals surface area contributed by atoms with Gasteiger partial charge in [-0.1, -0.05) is 52.3 Å². The zero-order valence-corrected chi connectivity index (χ0v) is 30.6. The van der Waals surface area contributed by atoms with Crippen LogP contribution in [-0.4, -0.2) is 70.0 Å². The predicted molar refractivity (Wildman–Crippen MR) is 200 cm³/mol. The third-order valence-corrected chi connectivity index (χ3v) is 11.1. The first-order valence-corrected chi connectivity index (χ1v) is 18.3. The van der Waals surface area contributed by atoms with Gasteiger partial charge < -0.3 is 19.3 Å². The number of ether oxygens (including phenoxy) is 2. The van der Waals surface area contributed by atoms with Crippen molar-refractivity contribution in [2.45, 2.75) is 76.9 Å². The van der Waals surface area contributed by atoms with Crippen LogP contribution in [0.4, 0.5) is 11.4 Å². The van der Waals surface area contributed by atoms with Crippen molar-refractivity contribution in [1.29, 1.82) is 0 Å². The molecule has 3 aromatic carbocycles. The molecule has 51 heavy (non-hydrogen) atoms. The van der Waals surface area contributed by atoms with Crippen molar-refractivity contribution in [1.82, 2.24) is 14.8 Å². The molecule has 2 fully saturated rings. The predicted octanol–water partition coefficient (Wildman–Crippen LogP) is 7.17. The van der Waals surface area contributed by atoms with E-state index in [1.807, 2.05) is 55.1 Å². The molecule has 1 saturated carbocycles. The first-order valence-electron chi connectivity index (χ1n) is 17.5. The molecule has 1 aliphatic carbocycles. The SMILES string of the molecule is CC(C)Oc1cc2c(cc1[N+](=O)[O-])CN(C1CCC(N(C)C3CN(c4ccc(-c5ccc(OCc6ccccc6)[nH]c5=O)c(Br)c4)C3)CC1)C2=O. The number of nitro benzene ring substituents is 1. The first-order chi connectivity index (χ1) is 24.5. The number of carbonyl (C=O) groups excluding carboxylic acids is 1. The number of aromatic amines is 1. The number of halogens is 1. The summed E-state index contributed by atoms with van der Waals surface area (Å²) in [7, 11) is 2.21. The van der Waals surface area contributed by atoms with Gasteiger partial charge in [0, 0.05) is 76.7 Å². The second-order valence-electron chi connectivity index (χ2n) is 14.0. The number of likely N-dealkylation sites (N-methyl/N-ethyl adjacent to an activating group) is 1. The number of rotatable bonds is 11. The molecule has 0 unspecified atom stereocenters. The van der Waals surface area contributed by atoms with Gasteiger partial charge in [0.05, 0.1) is 11.0 Å². The van der Waals surface area contributed by atoms with E-state index in [4.69, 9.17) is 9.47 Å². The van der Waals surface area contributed by atoms with E-state index in [-0.39, 0.29) is 35.0 Å². The second kappa shape index (κ2) is 14.5. The fourth-order valence-electron chi connectivity index (χ4n) is 7.54. The molecule has 11 nitrogen and oxygen atoms in total. The number of H-pyrrole nitrogens is 1. The maximum absolute atomic E-state index is 13.4. The number of benzene rings is 3. The first kappa shape index (κ1) is 34.8. The summed E-state index contributed by atoms with van der Waals surface area (Å²) in [5, 5.41) is 11.7. The van der Waals surface area contributed by atoms with E-state index in [9.17, 15) is 19.7 Å². The Morgan fingerprint density at radius 1 is 0.941 bits per heavy atom. The molecule has 2 aliphatic heterocycles. The molecular weight excluding hydrogens is 714 g/mol. The minimum absolute atomic E-state index is 0.0633. The number of amides is 1. The Kier molecular flexibility index (Phi) is 9.89. The summed E-state index contributed by atoms with van der Waals surface area (Å²) in [6, 6.07) is 23.6. The zero-order valence-electron chi connectivity index (χ0n) is 29.0. The Bertz CT molecular complexity index is 1990. The summed E-state index contributed by atoms with van der Waals surface area (Å²) in [4.78, 5) is 47.3. The number of carbonyl (C=O) groups is 1. The molecule has 3 heterocycles. The second-order valence-corrected chi connectivity index (χ2v) is 14.9. The Morgan fingerprint density at radius 2 is 1.67 bits per heavy atom. The van der Waals surface area contributed by atoms with Crippen LogP contribution in [0, 0.1) is 10.1 Å². The standard InChI is InChI=1S/C39H42BrN5O6/c1-24(2)51-36-19-33-26(17-35(36)45(48)49)20-44(39(33)47)28-11-9-27(10-12-28)42(3)30-21-43(22-30)29-13-14-31(34(40)18-29)32-15-16-37(41-38(32)46)50-23-25-7-5-4-6-8-25/h4-8,13-19,24,27-28,30H,9-12,20-23H2,1-3H3,(H,41,46). The molecule has 12 heteroatoms. The highest BCUT2D eigenvalue weighted by Crippen LogP contribution is 2.39. The molecule has 3 aliphatic rings. The lowest BCUT2D eigenvalue weighted by atomic mass is 9.88. The number of nitro groups is 1. The topological polar surface area (TPSA) is 121 Å². The Hall–Kier alpha value is -4.68. The number of nitrogens with zero attached hydrogens (tertiary/aromatic N) is 4. The van der Waals surface area contributed by atoms with E-state index in [0.717, 1.165) is 60.1 Å². The molecule has 0 spiro atoms. The summed E-state index contributed by atoms with van der Waals surface area (Å²) in [5.74, 6) is 0.517. The summed E-state index contributed by atoms with van der Waals surface area (Å²) in [5.41, 5.74) is 4.44. The van der Waals surface area contributed by atoms with Crippen LogP contribution < -0.4 is 19.9 Å². The summed E-state index contributed by atoms with van der Waals surface area (Å²) in [6.07, 6.45) is 3.54. The van der Waals surface area contributed by atoms with E-state index >= 15 is 0 Å². The molecular formula is C39H42BrN5O6. The van der Waals surface area contributed by atoms with Crippen molar-refractivity contribution in [3.8, 4) is 22.8 Å². The van der Waals surface area contributed by atoms with Crippen LogP contribution in [0.2, 0.25) is 0 Å². The summed E-state index contributed by atoms with van der Waals surface area (Å²) >= 11 is 3.71. The fraction of sp³-hybridized carbons (Fsp3) is 0.385. The van der Waals surface area contributed by atoms with Gasteiger partial charge in [-0.05, 0) is 82.0 Å². The third kappa shape index (κ3) is 7.25. The lowest BCUT2D eigenvalue weighted by Crippen LogP contribution is -2.61. The van der Waals surface area contributed by atoms with E-state index in [1.54, 1.807) is 18.2 Å². The molecule has 1 amide bonds. The lowest BCUT2D eigenvalue weighted by Gasteiger charge is -2.49. The number of anilines is 1. The maximum atomic E-state index is 13.4. The van der Waals surface area contributed by atoms with Crippen LogP contribution in [0.5, 0.6) is 11.6 Å². The smallest absolute Gasteiger partial charge is 0.311 e. The Morgan fingerprint density at radius 3 is 2.33 bits per heavy atom. The van der Waals surface area contributed by atoms with Gasteiger partial charge >= 0.3 is 5.69 Å². The van der Waals surface area contributed by atoms with Crippen LogP contribution in [0.15, 0.2) is 82.1 Å². The highest BCUT2D eigenvalue weighted by Gasteiger charge is 2.40. The number of pyridine rings is 1. The van der Waals surface area contributed by atoms with Gasteiger partial charge in [0.25, 0.3) is 11.5 Å². The van der Waals surface area contributed by atoms with E-state index in [1.165, 1.54) is 6.07 Å². The minimum Gasteiger partial charge on any atom is -0.484 e. The molecule has 4 aromatic rings. The van der Waals surface area contributed by atoms with Crippen LogP contribution in [-0.2, 0) is 13.2 Å². The number of fused-ring (bicyclic) bond motifs is 1. The van der Waals surface area contributed by atoms with Crippen molar-refractivity contribution in [2.24, 2.45) is 0 Å². The number of hydrogen-bond donors (Lipinski definition) is 1. The minimum atomic E-state index is -0.437. The summed E-state index contributed by atoms with van der Waals surface area (Å²) in [6.45, 7) is 6.23. The van der Waals surface area contributed by atoms with Gasteiger partial charge in [0.2, 0.25) is 0 Å². The normalized spacial score (nSPS) is 19.0. The van der Waals surface area contributed by atoms with Gasteiger partial charge in [-0.25, -0.2) is 0 Å². The van der Waals surface area contributed by atoms with Crippen molar-refractivity contribution < 1.29 is 19.2 Å². The molecule has 1 aromatic heterocycles. The van der Waals surface area contributed by atoms with Gasteiger partial charge in [-0.15, -0.1) is 0 Å². The average Bonchev–Trinajstić information content (AvgIpc) is 3.41. The molecule has 0 bridgehead atoms. The van der Waals surface area contributed by atoms with Crippen LogP contribution in [0.25, 0.3) is 11.1 Å². The number of hydrogen-bond acceptors (Lipinski definition) is 8. The van der Waals surface area contributed by atoms with Crippen LogP contribution in [0.3, 0.4) is 0 Å². The van der Waals surface area contributed by atoms with E-state index in [0.29, 0.717) is 47.8 Å². The van der Waals surface area contributed by atoms with Gasteiger partial charge in [0.15, 0.2) is 11.6 Å². The molecule has 1 N–H and O–H groups in total. The van der Waals surface area contributed by atoms with Crippen molar-refractivity contribution >= 4 is 33.2 Å². The van der Waals surface area contributed by atoms with E-state index < -0.39 is 4.92 Å². The maximum Gasteiger partial charge on any atom is 0.311 e. The van der Waals surface area contributed by atoms with Gasteiger partial charge in [0.1, 0.15) is 6.61 Å². The molecule has 7 rings (SSSR count). The van der Waals surface area contributed by atoms with Crippen molar-refractivity contribution in [3.63, 3.8) is 0 Å². The van der Waals surface area contributed by atoms with Crippen LogP contribution in [0.1, 0.15) is 61.0 Å². The zero-order chi connectivity index (χ0) is 35.8. The average molecular weight is 757 g/mol. The molecule has 266 valence electrons. The molecule has 0 radical (unpaired) electrons. The Labute approximate surface area is 305 Å². The monoisotopic (exact) mass is 755 g/mol.